The number of halogens is 1. The summed E-state index contributed by atoms with van der Waals surface area (Å²) in [6.07, 6.45) is 3.61. The highest BCUT2D eigenvalue weighted by atomic mass is 19.1. The van der Waals surface area contributed by atoms with E-state index in [1.165, 1.54) is 12.8 Å². The van der Waals surface area contributed by atoms with Gasteiger partial charge < -0.3 is 5.32 Å². The molecule has 0 saturated heterocycles. The quantitative estimate of drug-likeness (QED) is 0.805. The van der Waals surface area contributed by atoms with Crippen LogP contribution in [-0.4, -0.2) is 12.6 Å². The second kappa shape index (κ2) is 4.96. The predicted molar refractivity (Wildman–Crippen MR) is 65.0 cm³/mol. The van der Waals surface area contributed by atoms with Gasteiger partial charge in [0.2, 0.25) is 0 Å². The van der Waals surface area contributed by atoms with Gasteiger partial charge in [0.05, 0.1) is 0 Å². The molecule has 0 heterocycles. The Morgan fingerprint density at radius 3 is 2.81 bits per heavy atom. The predicted octanol–water partition coefficient (Wildman–Crippen LogP) is 3.06. The Hall–Kier alpha value is -0.890. The smallest absolute Gasteiger partial charge is 0.126 e. The summed E-state index contributed by atoms with van der Waals surface area (Å²) in [6, 6.07) is 6.33. The molecular weight excluding hydrogens is 201 g/mol. The lowest BCUT2D eigenvalue weighted by Gasteiger charge is -2.12. The molecule has 1 saturated carbocycles. The molecule has 0 radical (unpaired) electrons. The molecule has 0 bridgehead atoms. The molecule has 16 heavy (non-hydrogen) atoms. The highest BCUT2D eigenvalue weighted by Gasteiger charge is 2.20. The second-order valence-electron chi connectivity index (χ2n) is 5.08. The third-order valence-electron chi connectivity index (χ3n) is 3.15. The maximum Gasteiger partial charge on any atom is 0.126 e. The molecule has 1 N–H and O–H groups in total. The van der Waals surface area contributed by atoms with E-state index in [2.05, 4.69) is 12.2 Å². The van der Waals surface area contributed by atoms with E-state index in [-0.39, 0.29) is 5.82 Å². The van der Waals surface area contributed by atoms with Crippen LogP contribution < -0.4 is 5.32 Å². The van der Waals surface area contributed by atoms with Crippen LogP contribution in [0.4, 0.5) is 4.39 Å². The molecule has 1 fully saturated rings. The van der Waals surface area contributed by atoms with Crippen molar-refractivity contribution in [2.45, 2.75) is 39.2 Å². The van der Waals surface area contributed by atoms with Crippen LogP contribution in [0.2, 0.25) is 0 Å². The van der Waals surface area contributed by atoms with Gasteiger partial charge in [-0.15, -0.1) is 0 Å². The molecule has 2 heteroatoms. The van der Waals surface area contributed by atoms with E-state index in [0.29, 0.717) is 5.92 Å². The number of rotatable bonds is 5. The molecule has 0 aromatic heterocycles. The maximum absolute atomic E-state index is 13.3. The van der Waals surface area contributed by atoms with Gasteiger partial charge in [-0.1, -0.05) is 19.1 Å². The summed E-state index contributed by atoms with van der Waals surface area (Å²) in [7, 11) is 0. The molecule has 1 atom stereocenters. The van der Waals surface area contributed by atoms with Crippen LogP contribution in [0.3, 0.4) is 0 Å². The van der Waals surface area contributed by atoms with Gasteiger partial charge >= 0.3 is 0 Å². The SMILES string of the molecule is Cc1ccc(CC(C)CNC2CC2)cc1F. The van der Waals surface area contributed by atoms with Gasteiger partial charge in [0.25, 0.3) is 0 Å². The van der Waals surface area contributed by atoms with Crippen LogP contribution in [0.25, 0.3) is 0 Å². The molecule has 88 valence electrons. The zero-order chi connectivity index (χ0) is 11.5. The summed E-state index contributed by atoms with van der Waals surface area (Å²) in [5.41, 5.74) is 1.83. The minimum atomic E-state index is -0.0835. The van der Waals surface area contributed by atoms with E-state index in [0.717, 1.165) is 30.1 Å². The summed E-state index contributed by atoms with van der Waals surface area (Å²) in [6.45, 7) is 5.06. The summed E-state index contributed by atoms with van der Waals surface area (Å²) in [5, 5.41) is 3.51. The zero-order valence-electron chi connectivity index (χ0n) is 10.1. The Labute approximate surface area is 97.1 Å². The van der Waals surface area contributed by atoms with Crippen LogP contribution in [-0.2, 0) is 6.42 Å². The first kappa shape index (κ1) is 11.6. The van der Waals surface area contributed by atoms with E-state index in [9.17, 15) is 4.39 Å². The van der Waals surface area contributed by atoms with Crippen molar-refractivity contribution in [2.75, 3.05) is 6.54 Å². The number of nitrogens with one attached hydrogen (secondary N) is 1. The van der Waals surface area contributed by atoms with Gasteiger partial charge in [-0.05, 0) is 55.8 Å². The number of aryl methyl sites for hydroxylation is 1. The highest BCUT2D eigenvalue weighted by Crippen LogP contribution is 2.19. The van der Waals surface area contributed by atoms with Crippen LogP contribution in [0, 0.1) is 18.7 Å². The Kier molecular flexibility index (Phi) is 3.59. The molecule has 1 aliphatic rings. The zero-order valence-corrected chi connectivity index (χ0v) is 10.1. The van der Waals surface area contributed by atoms with Crippen molar-refractivity contribution in [1.82, 2.24) is 5.32 Å². The van der Waals surface area contributed by atoms with Gasteiger partial charge in [0.1, 0.15) is 5.82 Å². The van der Waals surface area contributed by atoms with Crippen molar-refractivity contribution in [1.29, 1.82) is 0 Å². The van der Waals surface area contributed by atoms with E-state index in [4.69, 9.17) is 0 Å². The van der Waals surface area contributed by atoms with Gasteiger partial charge in [-0.3, -0.25) is 0 Å². The molecule has 0 aliphatic heterocycles. The van der Waals surface area contributed by atoms with Crippen LogP contribution in [0.1, 0.15) is 30.9 Å². The largest absolute Gasteiger partial charge is 0.314 e. The summed E-state index contributed by atoms with van der Waals surface area (Å²) in [5.74, 6) is 0.488. The fourth-order valence-electron chi connectivity index (χ4n) is 1.89. The average Bonchev–Trinajstić information content (AvgIpc) is 3.04. The van der Waals surface area contributed by atoms with Crippen LogP contribution >= 0.6 is 0 Å². The fourth-order valence-corrected chi connectivity index (χ4v) is 1.89. The topological polar surface area (TPSA) is 12.0 Å². The molecular formula is C14H20FN. The van der Waals surface area contributed by atoms with Crippen LogP contribution in [0.15, 0.2) is 18.2 Å². The lowest BCUT2D eigenvalue weighted by Crippen LogP contribution is -2.24. The lowest BCUT2D eigenvalue weighted by atomic mass is 10.00. The van der Waals surface area contributed by atoms with Crippen LogP contribution in [0.5, 0.6) is 0 Å². The highest BCUT2D eigenvalue weighted by molar-refractivity contribution is 5.23. The summed E-state index contributed by atoms with van der Waals surface area (Å²) in [4.78, 5) is 0. The summed E-state index contributed by atoms with van der Waals surface area (Å²) >= 11 is 0. The Morgan fingerprint density at radius 1 is 1.44 bits per heavy atom. The molecule has 1 unspecified atom stereocenters. The van der Waals surface area contributed by atoms with Crippen molar-refractivity contribution in [2.24, 2.45) is 5.92 Å². The first-order chi connectivity index (χ1) is 7.65. The number of benzene rings is 1. The molecule has 0 amide bonds. The van der Waals surface area contributed by atoms with Crippen molar-refractivity contribution < 1.29 is 4.39 Å². The summed E-state index contributed by atoms with van der Waals surface area (Å²) < 4.78 is 13.3. The van der Waals surface area contributed by atoms with E-state index < -0.39 is 0 Å². The van der Waals surface area contributed by atoms with Gasteiger partial charge in [-0.2, -0.15) is 0 Å². The average molecular weight is 221 g/mol. The molecule has 1 aromatic rings. The Balaban J connectivity index is 1.84. The van der Waals surface area contributed by atoms with E-state index >= 15 is 0 Å². The molecule has 1 aliphatic carbocycles. The minimum absolute atomic E-state index is 0.0835. The van der Waals surface area contributed by atoms with Crippen molar-refractivity contribution in [3.05, 3.63) is 35.1 Å². The van der Waals surface area contributed by atoms with Gasteiger partial charge in [-0.25, -0.2) is 4.39 Å². The standard InChI is InChI=1S/C14H20FN/c1-10(9-16-13-5-6-13)7-12-4-3-11(2)14(15)8-12/h3-4,8,10,13,16H,5-7,9H2,1-2H3. The minimum Gasteiger partial charge on any atom is -0.314 e. The Bertz CT molecular complexity index is 358. The van der Waals surface area contributed by atoms with Crippen molar-refractivity contribution in [3.8, 4) is 0 Å². The molecule has 2 rings (SSSR count). The number of hydrogen-bond acceptors (Lipinski definition) is 1. The second-order valence-corrected chi connectivity index (χ2v) is 5.08. The number of hydrogen-bond donors (Lipinski definition) is 1. The first-order valence-electron chi connectivity index (χ1n) is 6.13. The maximum atomic E-state index is 13.3. The fraction of sp³-hybridized carbons (Fsp3) is 0.571. The van der Waals surface area contributed by atoms with Crippen molar-refractivity contribution in [3.63, 3.8) is 0 Å². The Morgan fingerprint density at radius 2 is 2.19 bits per heavy atom. The van der Waals surface area contributed by atoms with E-state index in [1.54, 1.807) is 13.0 Å². The third-order valence-corrected chi connectivity index (χ3v) is 3.15. The normalized spacial score (nSPS) is 17.4. The molecule has 0 spiro atoms. The first-order valence-corrected chi connectivity index (χ1v) is 6.13. The molecule has 1 aromatic carbocycles. The van der Waals surface area contributed by atoms with Gasteiger partial charge in [0, 0.05) is 6.04 Å². The molecule has 1 nitrogen and oxygen atoms in total. The van der Waals surface area contributed by atoms with E-state index in [1.807, 2.05) is 12.1 Å². The monoisotopic (exact) mass is 221 g/mol. The lowest BCUT2D eigenvalue weighted by molar-refractivity contribution is 0.507. The van der Waals surface area contributed by atoms with Gasteiger partial charge in [0.15, 0.2) is 0 Å². The third kappa shape index (κ3) is 3.31. The van der Waals surface area contributed by atoms with Crippen molar-refractivity contribution >= 4 is 0 Å².